The maximum Gasteiger partial charge on any atom is 3.00 e. The van der Waals surface area contributed by atoms with Crippen LogP contribution in [0.3, 0.4) is 0 Å². The molecule has 7 heavy (non-hydrogen) atoms. The van der Waals surface area contributed by atoms with Crippen molar-refractivity contribution in [1.29, 1.82) is 0 Å². The van der Waals surface area contributed by atoms with Crippen molar-refractivity contribution in [2.24, 2.45) is 0 Å². The van der Waals surface area contributed by atoms with Gasteiger partial charge in [-0.3, -0.25) is 0 Å². The molecule has 0 fully saturated rings. The maximum atomic E-state index is 7.81. The van der Waals surface area contributed by atoms with E-state index >= 15 is 0 Å². The molecule has 0 rings (SSSR count). The Hall–Kier alpha value is 1.58. The van der Waals surface area contributed by atoms with Gasteiger partial charge in [-0.25, -0.2) is 0 Å². The van der Waals surface area contributed by atoms with Crippen molar-refractivity contribution in [2.45, 2.75) is 0 Å². The van der Waals surface area contributed by atoms with Crippen molar-refractivity contribution in [3.8, 4) is 0 Å². The monoisotopic (exact) mass is 339 g/mol. The van der Waals surface area contributed by atoms with Gasteiger partial charge in [0.05, 0.1) is 0 Å². The molecule has 0 heterocycles. The predicted octanol–water partition coefficient (Wildman–Crippen LogP) is -0.366. The summed E-state index contributed by atoms with van der Waals surface area (Å²) in [5.74, 6) is 0. The Morgan fingerprint density at radius 2 is 0.571 bits per heavy atom. The molecule has 0 spiro atoms. The fourth-order valence-corrected chi connectivity index (χ4v) is 0. The third kappa shape index (κ3) is 94.4. The number of hydrogen-bond donors (Lipinski definition) is 0. The molecular formula is Cu3O3Ru. The van der Waals surface area contributed by atoms with Crippen molar-refractivity contribution >= 4 is 0 Å². The summed E-state index contributed by atoms with van der Waals surface area (Å²) in [7, 11) is 0. The first-order valence-corrected chi connectivity index (χ1v) is 1.52. The van der Waals surface area contributed by atoms with Crippen LogP contribution >= 0.6 is 0 Å². The molecule has 0 aliphatic heterocycles. The number of rotatable bonds is 0. The summed E-state index contributed by atoms with van der Waals surface area (Å²) in [6, 6.07) is 0. The SMILES string of the molecule is [O]=[Cu-].[O]=[Cu-].[O]=[Cu-].[Ru+3]. The standard InChI is InChI=1S/3Cu.3O.Ru/q3*-1;;;;+3. The third-order valence-corrected chi connectivity index (χ3v) is 0. The maximum absolute atomic E-state index is 7.81. The first-order chi connectivity index (χ1) is 3.00. The fourth-order valence-electron chi connectivity index (χ4n) is 0. The van der Waals surface area contributed by atoms with Gasteiger partial charge in [-0.2, -0.15) is 0 Å². The summed E-state index contributed by atoms with van der Waals surface area (Å²) in [5, 5.41) is 0. The average Bonchev–Trinajstić information content (AvgIpc) is 1.81. The Morgan fingerprint density at radius 3 is 0.571 bits per heavy atom. The van der Waals surface area contributed by atoms with Gasteiger partial charge in [-0.15, -0.1) is 0 Å². The van der Waals surface area contributed by atoms with Crippen molar-refractivity contribution in [2.75, 3.05) is 0 Å². The Labute approximate surface area is 78.2 Å². The van der Waals surface area contributed by atoms with Crippen LogP contribution in [-0.4, -0.2) is 0 Å². The van der Waals surface area contributed by atoms with Gasteiger partial charge in [0.25, 0.3) is 0 Å². The Morgan fingerprint density at radius 1 is 0.571 bits per heavy atom. The molecule has 0 aromatic rings. The van der Waals surface area contributed by atoms with Crippen molar-refractivity contribution < 1.29 is 78.8 Å². The topological polar surface area (TPSA) is 51.2 Å². The van der Waals surface area contributed by atoms with Crippen LogP contribution in [0.25, 0.3) is 0 Å². The van der Waals surface area contributed by atoms with Crippen LogP contribution in [0.2, 0.25) is 0 Å². The normalized spacial score (nSPS) is 2.57. The summed E-state index contributed by atoms with van der Waals surface area (Å²) < 4.78 is 23.4. The molecule has 0 saturated heterocycles. The van der Waals surface area contributed by atoms with Gasteiger partial charge in [0.2, 0.25) is 0 Å². The molecular weight excluding hydrogens is 340 g/mol. The smallest absolute Gasteiger partial charge is 3.00 e. The third-order valence-electron chi connectivity index (χ3n) is 0. The van der Waals surface area contributed by atoms with Crippen LogP contribution in [0.4, 0.5) is 0 Å². The van der Waals surface area contributed by atoms with Crippen LogP contribution < -0.4 is 0 Å². The molecule has 0 unspecified atom stereocenters. The zero-order chi connectivity index (χ0) is 6.00. The molecule has 1 radical (unpaired) electrons. The van der Waals surface area contributed by atoms with Gasteiger partial charge in [-0.05, 0) is 0 Å². The second kappa shape index (κ2) is 131. The second-order valence-corrected chi connectivity index (χ2v) is 0. The first-order valence-electron chi connectivity index (χ1n) is 0.369. The van der Waals surface area contributed by atoms with E-state index in [0.717, 1.165) is 0 Å². The second-order valence-electron chi connectivity index (χ2n) is 0. The minimum Gasteiger partial charge on any atom is 3.00 e. The van der Waals surface area contributed by atoms with E-state index in [1.54, 1.807) is 0 Å². The van der Waals surface area contributed by atoms with E-state index in [1.165, 1.54) is 0 Å². The van der Waals surface area contributed by atoms with E-state index in [2.05, 4.69) is 47.8 Å². The summed E-state index contributed by atoms with van der Waals surface area (Å²) in [4.78, 5) is 0. The Bertz CT molecular complexity index is 14.9. The van der Waals surface area contributed by atoms with E-state index in [4.69, 9.17) is 11.5 Å². The van der Waals surface area contributed by atoms with Gasteiger partial charge in [0, 0.05) is 0 Å². The van der Waals surface area contributed by atoms with Gasteiger partial charge in [-0.1, -0.05) is 0 Å². The molecule has 7 heteroatoms. The molecule has 3 nitrogen and oxygen atoms in total. The zero-order valence-corrected chi connectivity index (χ0v) is 7.05. The van der Waals surface area contributed by atoms with Gasteiger partial charge >= 0.3 is 78.8 Å². The Balaban J connectivity index is -0.00000000900. The molecule has 0 atom stereocenters. The molecule has 59 valence electrons. The van der Waals surface area contributed by atoms with E-state index < -0.39 is 0 Å². The summed E-state index contributed by atoms with van der Waals surface area (Å²) in [6.45, 7) is 0. The summed E-state index contributed by atoms with van der Waals surface area (Å²) in [6.07, 6.45) is 0. The van der Waals surface area contributed by atoms with E-state index in [9.17, 15) is 0 Å². The molecule has 0 aromatic heterocycles. The minimum absolute atomic E-state index is 0. The van der Waals surface area contributed by atoms with Crippen LogP contribution in [0.15, 0.2) is 0 Å². The van der Waals surface area contributed by atoms with Crippen molar-refractivity contribution in [3.63, 3.8) is 0 Å². The van der Waals surface area contributed by atoms with Crippen LogP contribution in [0.5, 0.6) is 0 Å². The summed E-state index contributed by atoms with van der Waals surface area (Å²) >= 11 is 8.81. The molecule has 0 amide bonds. The van der Waals surface area contributed by atoms with Crippen molar-refractivity contribution in [3.05, 3.63) is 0 Å². The molecule has 0 aliphatic carbocycles. The number of hydrogen-bond acceptors (Lipinski definition) is 3. The predicted molar refractivity (Wildman–Crippen MR) is 2.06 cm³/mol. The molecule has 0 N–H and O–H groups in total. The molecule has 0 bridgehead atoms. The molecule has 0 aromatic carbocycles. The Kier molecular flexibility index (Phi) is 441. The van der Waals surface area contributed by atoms with Gasteiger partial charge in [0.15, 0.2) is 0 Å². The fraction of sp³-hybridized carbons (Fsp3) is 0. The quantitative estimate of drug-likeness (QED) is 0.566. The van der Waals surface area contributed by atoms with Gasteiger partial charge < -0.3 is 0 Å². The summed E-state index contributed by atoms with van der Waals surface area (Å²) in [5.41, 5.74) is 0. The minimum atomic E-state index is 0. The van der Waals surface area contributed by atoms with E-state index in [-0.39, 0.29) is 19.5 Å². The van der Waals surface area contributed by atoms with Gasteiger partial charge in [0.1, 0.15) is 0 Å². The van der Waals surface area contributed by atoms with Crippen molar-refractivity contribution in [1.82, 2.24) is 0 Å². The average molecular weight is 340 g/mol. The van der Waals surface area contributed by atoms with Crippen LogP contribution in [-0.2, 0) is 78.8 Å². The molecule has 0 aliphatic rings. The van der Waals surface area contributed by atoms with E-state index in [0.29, 0.717) is 0 Å². The van der Waals surface area contributed by atoms with Crippen LogP contribution in [0, 0.1) is 0 Å². The van der Waals surface area contributed by atoms with Crippen LogP contribution in [0.1, 0.15) is 0 Å². The molecule has 0 saturated carbocycles. The first kappa shape index (κ1) is 23.5. The zero-order valence-electron chi connectivity index (χ0n) is 2.48. The largest absolute Gasteiger partial charge is 3.00 e. The van der Waals surface area contributed by atoms with E-state index in [1.807, 2.05) is 0 Å².